The smallest absolute Gasteiger partial charge is 0.233 e. The molecule has 132 valence electrons. The van der Waals surface area contributed by atoms with Crippen molar-refractivity contribution in [3.8, 4) is 22.9 Å². The topological polar surface area (TPSA) is 73.3 Å². The van der Waals surface area contributed by atoms with Crippen molar-refractivity contribution in [1.29, 1.82) is 0 Å². The van der Waals surface area contributed by atoms with Gasteiger partial charge in [0, 0.05) is 17.5 Å². The molecule has 1 aromatic heterocycles. The van der Waals surface area contributed by atoms with Crippen LogP contribution in [0.1, 0.15) is 25.7 Å². The molecule has 1 aromatic carbocycles. The summed E-state index contributed by atoms with van der Waals surface area (Å²) in [5.41, 5.74) is 1.73. The van der Waals surface area contributed by atoms with Crippen molar-refractivity contribution in [2.75, 3.05) is 20.3 Å². The molecule has 0 bridgehead atoms. The Balaban J connectivity index is 1.45. The third kappa shape index (κ3) is 4.68. The molecular weight excluding hydrogens is 318 g/mol. The average Bonchev–Trinajstić information content (AvgIpc) is 3.21. The number of ether oxygens (including phenoxy) is 2. The van der Waals surface area contributed by atoms with Gasteiger partial charge >= 0.3 is 0 Å². The number of carbonyl (C=O) groups excluding carboxylic acids is 1. The Morgan fingerprint density at radius 2 is 1.88 bits per heavy atom. The molecule has 1 N–H and O–H groups in total. The van der Waals surface area contributed by atoms with Gasteiger partial charge < -0.3 is 14.8 Å². The normalized spacial score (nSPS) is 14.3. The van der Waals surface area contributed by atoms with Crippen molar-refractivity contribution >= 4 is 5.91 Å². The highest BCUT2D eigenvalue weighted by Crippen LogP contribution is 2.24. The number of aromatic nitrogens is 2. The number of carbonyl (C=O) groups is 1. The molecule has 0 saturated heterocycles. The predicted octanol–water partition coefficient (Wildman–Crippen LogP) is 2.84. The summed E-state index contributed by atoms with van der Waals surface area (Å²) in [7, 11) is 1.64. The summed E-state index contributed by atoms with van der Waals surface area (Å²) < 4.78 is 10.7. The van der Waals surface area contributed by atoms with E-state index in [0.717, 1.165) is 42.7 Å². The van der Waals surface area contributed by atoms with E-state index < -0.39 is 0 Å². The highest BCUT2D eigenvalue weighted by Gasteiger charge is 2.21. The second-order valence-electron chi connectivity index (χ2n) is 6.11. The zero-order valence-electron chi connectivity index (χ0n) is 14.4. The molecule has 6 heteroatoms. The summed E-state index contributed by atoms with van der Waals surface area (Å²) in [5, 5.41) is 11.2. The first-order valence-electron chi connectivity index (χ1n) is 8.65. The molecule has 0 unspecified atom stereocenters. The van der Waals surface area contributed by atoms with Gasteiger partial charge in [0.15, 0.2) is 0 Å². The number of amides is 1. The first-order chi connectivity index (χ1) is 12.3. The van der Waals surface area contributed by atoms with Crippen LogP contribution in [0.3, 0.4) is 0 Å². The molecule has 1 aliphatic carbocycles. The van der Waals surface area contributed by atoms with Crippen LogP contribution in [0, 0.1) is 5.92 Å². The number of hydrogen-bond donors (Lipinski definition) is 1. The summed E-state index contributed by atoms with van der Waals surface area (Å²) in [6, 6.07) is 11.3. The van der Waals surface area contributed by atoms with Crippen LogP contribution in [0.2, 0.25) is 0 Å². The van der Waals surface area contributed by atoms with Gasteiger partial charge in [-0.1, -0.05) is 12.8 Å². The van der Waals surface area contributed by atoms with Crippen molar-refractivity contribution < 1.29 is 14.3 Å². The molecule has 0 spiro atoms. The average molecular weight is 341 g/mol. The Kier molecular flexibility index (Phi) is 5.82. The number of rotatable bonds is 7. The first kappa shape index (κ1) is 17.2. The van der Waals surface area contributed by atoms with E-state index in [0.29, 0.717) is 19.0 Å². The van der Waals surface area contributed by atoms with Gasteiger partial charge in [0.25, 0.3) is 0 Å². The minimum atomic E-state index is 0.141. The quantitative estimate of drug-likeness (QED) is 0.784. The third-order valence-electron chi connectivity index (χ3n) is 4.40. The van der Waals surface area contributed by atoms with Gasteiger partial charge in [-0.3, -0.25) is 4.79 Å². The predicted molar refractivity (Wildman–Crippen MR) is 94.5 cm³/mol. The fraction of sp³-hybridized carbons (Fsp3) is 0.421. The molecule has 0 radical (unpaired) electrons. The van der Waals surface area contributed by atoms with Crippen LogP contribution < -0.4 is 14.8 Å². The van der Waals surface area contributed by atoms with Gasteiger partial charge in [-0.15, -0.1) is 10.2 Å². The van der Waals surface area contributed by atoms with Gasteiger partial charge in [0.2, 0.25) is 11.8 Å². The highest BCUT2D eigenvalue weighted by atomic mass is 16.5. The Bertz CT molecular complexity index is 680. The first-order valence-corrected chi connectivity index (χ1v) is 8.65. The van der Waals surface area contributed by atoms with Crippen LogP contribution in [0.25, 0.3) is 11.3 Å². The van der Waals surface area contributed by atoms with Crippen molar-refractivity contribution in [1.82, 2.24) is 15.5 Å². The monoisotopic (exact) mass is 341 g/mol. The minimum absolute atomic E-state index is 0.141. The maximum atomic E-state index is 11.9. The molecule has 1 amide bonds. The van der Waals surface area contributed by atoms with E-state index in [2.05, 4.69) is 15.5 Å². The molecule has 0 atom stereocenters. The molecule has 25 heavy (non-hydrogen) atoms. The van der Waals surface area contributed by atoms with E-state index in [-0.39, 0.29) is 11.8 Å². The minimum Gasteiger partial charge on any atom is -0.497 e. The molecule has 3 rings (SSSR count). The van der Waals surface area contributed by atoms with Crippen LogP contribution in [-0.4, -0.2) is 36.4 Å². The van der Waals surface area contributed by atoms with Crippen molar-refractivity contribution in [2.45, 2.75) is 25.7 Å². The van der Waals surface area contributed by atoms with E-state index in [1.54, 1.807) is 13.2 Å². The molecule has 6 nitrogen and oxygen atoms in total. The highest BCUT2D eigenvalue weighted by molar-refractivity contribution is 5.78. The maximum Gasteiger partial charge on any atom is 0.233 e. The van der Waals surface area contributed by atoms with Crippen LogP contribution in [0.4, 0.5) is 0 Å². The fourth-order valence-electron chi connectivity index (χ4n) is 2.97. The third-order valence-corrected chi connectivity index (χ3v) is 4.40. The number of hydrogen-bond acceptors (Lipinski definition) is 5. The number of benzene rings is 1. The molecule has 1 heterocycles. The van der Waals surface area contributed by atoms with E-state index in [1.165, 1.54) is 0 Å². The van der Waals surface area contributed by atoms with Gasteiger partial charge in [-0.25, -0.2) is 0 Å². The van der Waals surface area contributed by atoms with Crippen LogP contribution in [0.5, 0.6) is 11.6 Å². The molecule has 1 fully saturated rings. The lowest BCUT2D eigenvalue weighted by Gasteiger charge is -2.10. The van der Waals surface area contributed by atoms with Gasteiger partial charge in [-0.05, 0) is 43.2 Å². The van der Waals surface area contributed by atoms with Gasteiger partial charge in [-0.2, -0.15) is 0 Å². The standard InChI is InChI=1S/C19H23N3O3/c1-24-16-8-6-14(7-9-16)17-10-11-18(22-21-17)25-13-12-20-19(23)15-4-2-3-5-15/h6-11,15H,2-5,12-13H2,1H3,(H,20,23). The Morgan fingerprint density at radius 3 is 2.52 bits per heavy atom. The van der Waals surface area contributed by atoms with Crippen LogP contribution in [-0.2, 0) is 4.79 Å². The summed E-state index contributed by atoms with van der Waals surface area (Å²) in [5.74, 6) is 1.58. The van der Waals surface area contributed by atoms with E-state index >= 15 is 0 Å². The van der Waals surface area contributed by atoms with Crippen molar-refractivity contribution in [3.05, 3.63) is 36.4 Å². The second-order valence-corrected chi connectivity index (χ2v) is 6.11. The van der Waals surface area contributed by atoms with Crippen LogP contribution in [0.15, 0.2) is 36.4 Å². The van der Waals surface area contributed by atoms with E-state index in [9.17, 15) is 4.79 Å². The summed E-state index contributed by atoms with van der Waals surface area (Å²) in [6.07, 6.45) is 4.32. The summed E-state index contributed by atoms with van der Waals surface area (Å²) >= 11 is 0. The molecule has 2 aromatic rings. The zero-order valence-corrected chi connectivity index (χ0v) is 14.4. The fourth-order valence-corrected chi connectivity index (χ4v) is 2.97. The molecular formula is C19H23N3O3. The summed E-state index contributed by atoms with van der Waals surface area (Å²) in [4.78, 5) is 11.9. The zero-order chi connectivity index (χ0) is 17.5. The lowest BCUT2D eigenvalue weighted by Crippen LogP contribution is -2.32. The SMILES string of the molecule is COc1ccc(-c2ccc(OCCNC(=O)C3CCCC3)nn2)cc1. The number of nitrogens with zero attached hydrogens (tertiary/aromatic N) is 2. The maximum absolute atomic E-state index is 11.9. The molecule has 1 saturated carbocycles. The Hall–Kier alpha value is -2.63. The number of nitrogens with one attached hydrogen (secondary N) is 1. The molecule has 1 aliphatic rings. The Morgan fingerprint density at radius 1 is 1.12 bits per heavy atom. The summed E-state index contributed by atoms with van der Waals surface area (Å²) in [6.45, 7) is 0.867. The molecule has 0 aliphatic heterocycles. The lowest BCUT2D eigenvalue weighted by molar-refractivity contribution is -0.124. The number of methoxy groups -OCH3 is 1. The van der Waals surface area contributed by atoms with Gasteiger partial charge in [0.05, 0.1) is 19.3 Å². The van der Waals surface area contributed by atoms with Crippen molar-refractivity contribution in [3.63, 3.8) is 0 Å². The largest absolute Gasteiger partial charge is 0.497 e. The van der Waals surface area contributed by atoms with E-state index in [4.69, 9.17) is 9.47 Å². The Labute approximate surface area is 147 Å². The lowest BCUT2D eigenvalue weighted by atomic mass is 10.1. The second kappa shape index (κ2) is 8.46. The van der Waals surface area contributed by atoms with Crippen LogP contribution >= 0.6 is 0 Å². The van der Waals surface area contributed by atoms with Crippen molar-refractivity contribution in [2.24, 2.45) is 5.92 Å². The van der Waals surface area contributed by atoms with Gasteiger partial charge in [0.1, 0.15) is 12.4 Å². The van der Waals surface area contributed by atoms with E-state index in [1.807, 2.05) is 30.3 Å².